The molecule has 6 aromatic rings. The van der Waals surface area contributed by atoms with Gasteiger partial charge in [0.15, 0.2) is 11.7 Å². The zero-order valence-corrected chi connectivity index (χ0v) is 21.9. The molecule has 0 aliphatic heterocycles. The minimum atomic E-state index is -0.254. The SMILES string of the molecule is N#Cc1ccc2nc(NC(=O)CSc3nnc(COc4ccnc5ccc(-c6cccs6)cc45)o3)sc2c1. The lowest BCUT2D eigenvalue weighted by molar-refractivity contribution is -0.113. The summed E-state index contributed by atoms with van der Waals surface area (Å²) in [5.74, 6) is 0.780. The number of hydrogen-bond donors (Lipinski definition) is 1. The van der Waals surface area contributed by atoms with Crippen LogP contribution in [0.4, 0.5) is 5.13 Å². The van der Waals surface area contributed by atoms with E-state index in [-0.39, 0.29) is 23.5 Å². The summed E-state index contributed by atoms with van der Waals surface area (Å²) in [6.07, 6.45) is 1.70. The molecule has 0 bridgehead atoms. The van der Waals surface area contributed by atoms with Crippen molar-refractivity contribution in [1.29, 1.82) is 5.26 Å². The highest BCUT2D eigenvalue weighted by Crippen LogP contribution is 2.32. The Morgan fingerprint density at radius 1 is 1.13 bits per heavy atom. The Morgan fingerprint density at radius 2 is 2.05 bits per heavy atom. The van der Waals surface area contributed by atoms with Gasteiger partial charge in [0.25, 0.3) is 11.1 Å². The number of anilines is 1. The van der Waals surface area contributed by atoms with Crippen molar-refractivity contribution in [3.8, 4) is 22.3 Å². The van der Waals surface area contributed by atoms with Gasteiger partial charge in [-0.3, -0.25) is 9.78 Å². The fraction of sp³-hybridized carbons (Fsp3) is 0.0769. The van der Waals surface area contributed by atoms with Crippen LogP contribution < -0.4 is 10.1 Å². The van der Waals surface area contributed by atoms with Crippen molar-refractivity contribution in [1.82, 2.24) is 20.2 Å². The van der Waals surface area contributed by atoms with Crippen LogP contribution >= 0.6 is 34.4 Å². The number of rotatable bonds is 8. The van der Waals surface area contributed by atoms with Crippen LogP contribution in [0.15, 0.2) is 75.8 Å². The highest BCUT2D eigenvalue weighted by atomic mass is 32.2. The second-order valence-corrected chi connectivity index (χ2v) is 10.8. The Bertz CT molecular complexity index is 1810. The minimum absolute atomic E-state index is 0.0718. The van der Waals surface area contributed by atoms with E-state index in [2.05, 4.69) is 43.7 Å². The maximum atomic E-state index is 12.4. The Balaban J connectivity index is 1.06. The van der Waals surface area contributed by atoms with E-state index in [9.17, 15) is 4.79 Å². The Kier molecular flexibility index (Phi) is 6.70. The summed E-state index contributed by atoms with van der Waals surface area (Å²) >= 11 is 4.11. The lowest BCUT2D eigenvalue weighted by Gasteiger charge is -2.08. The molecule has 0 aliphatic rings. The summed E-state index contributed by atoms with van der Waals surface area (Å²) in [7, 11) is 0. The van der Waals surface area contributed by atoms with Crippen LogP contribution in [0.25, 0.3) is 31.6 Å². The van der Waals surface area contributed by atoms with Gasteiger partial charge in [0, 0.05) is 16.5 Å². The first-order chi connectivity index (χ1) is 18.6. The van der Waals surface area contributed by atoms with Crippen LogP contribution in [0, 0.1) is 11.3 Å². The molecule has 0 spiro atoms. The van der Waals surface area contributed by atoms with E-state index in [0.717, 1.165) is 38.4 Å². The first-order valence-corrected chi connectivity index (χ1v) is 13.9. The number of thiophene rings is 1. The molecule has 6 rings (SSSR count). The number of fused-ring (bicyclic) bond motifs is 2. The van der Waals surface area contributed by atoms with Crippen molar-refractivity contribution >= 4 is 66.6 Å². The van der Waals surface area contributed by atoms with Crippen LogP contribution in [-0.4, -0.2) is 31.8 Å². The topological polar surface area (TPSA) is 127 Å². The number of hydrogen-bond acceptors (Lipinski definition) is 11. The van der Waals surface area contributed by atoms with Gasteiger partial charge in [-0.15, -0.1) is 21.5 Å². The largest absolute Gasteiger partial charge is 0.483 e. The molecule has 0 radical (unpaired) electrons. The van der Waals surface area contributed by atoms with Gasteiger partial charge in [0.05, 0.1) is 33.1 Å². The molecule has 0 saturated carbocycles. The van der Waals surface area contributed by atoms with Gasteiger partial charge in [0.1, 0.15) is 5.75 Å². The third-order valence-corrected chi connectivity index (χ3v) is 8.07. The fourth-order valence-corrected chi connectivity index (χ4v) is 5.89. The number of pyridine rings is 1. The molecule has 4 aromatic heterocycles. The third-order valence-electron chi connectivity index (χ3n) is 5.40. The highest BCUT2D eigenvalue weighted by molar-refractivity contribution is 7.99. The van der Waals surface area contributed by atoms with Crippen LogP contribution in [0.1, 0.15) is 11.5 Å². The van der Waals surface area contributed by atoms with Crippen LogP contribution in [0.2, 0.25) is 0 Å². The van der Waals surface area contributed by atoms with E-state index in [1.165, 1.54) is 16.2 Å². The Morgan fingerprint density at radius 3 is 2.92 bits per heavy atom. The molecule has 12 heteroatoms. The van der Waals surface area contributed by atoms with Crippen molar-refractivity contribution in [2.75, 3.05) is 11.1 Å². The predicted molar refractivity (Wildman–Crippen MR) is 147 cm³/mol. The number of carbonyl (C=O) groups excluding carboxylic acids is 1. The molecule has 9 nitrogen and oxygen atoms in total. The van der Waals surface area contributed by atoms with Gasteiger partial charge in [-0.25, -0.2) is 4.98 Å². The summed E-state index contributed by atoms with van der Waals surface area (Å²) < 4.78 is 12.5. The average molecular weight is 557 g/mol. The number of thioether (sulfide) groups is 1. The van der Waals surface area contributed by atoms with Crippen molar-refractivity contribution < 1.29 is 13.9 Å². The highest BCUT2D eigenvalue weighted by Gasteiger charge is 2.14. The van der Waals surface area contributed by atoms with E-state index >= 15 is 0 Å². The number of nitrogens with one attached hydrogen (secondary N) is 1. The van der Waals surface area contributed by atoms with E-state index in [1.54, 1.807) is 41.8 Å². The van der Waals surface area contributed by atoms with Crippen LogP contribution in [0.3, 0.4) is 0 Å². The molecule has 0 aliphatic carbocycles. The first kappa shape index (κ1) is 24.1. The molecule has 0 unspecified atom stereocenters. The average Bonchev–Trinajstić information content (AvgIpc) is 3.71. The lowest BCUT2D eigenvalue weighted by atomic mass is 10.1. The Labute approximate surface area is 228 Å². The second kappa shape index (κ2) is 10.6. The third kappa shape index (κ3) is 5.21. The van der Waals surface area contributed by atoms with Gasteiger partial charge in [-0.2, -0.15) is 5.26 Å². The number of nitrogens with zero attached hydrogens (tertiary/aromatic N) is 5. The number of amides is 1. The molecular weight excluding hydrogens is 541 g/mol. The van der Waals surface area contributed by atoms with Crippen molar-refractivity contribution in [3.63, 3.8) is 0 Å². The molecule has 0 atom stereocenters. The predicted octanol–water partition coefficient (Wildman–Crippen LogP) is 6.14. The summed E-state index contributed by atoms with van der Waals surface area (Å²) in [6.45, 7) is 0.0818. The quantitative estimate of drug-likeness (QED) is 0.220. The van der Waals surface area contributed by atoms with Gasteiger partial charge in [0.2, 0.25) is 5.91 Å². The standard InChI is InChI=1S/C26H16N6O3S3/c27-12-15-3-5-19-22(10-15)38-25(29-19)30-23(33)14-37-26-32-31-24(35-26)13-34-20-7-8-28-18-6-4-16(11-17(18)20)21-2-1-9-36-21/h1-11H,13-14H2,(H,29,30,33). The first-order valence-electron chi connectivity index (χ1n) is 11.3. The minimum Gasteiger partial charge on any atom is -0.483 e. The Hall–Kier alpha value is -4.31. The van der Waals surface area contributed by atoms with Crippen LogP contribution in [-0.2, 0) is 11.4 Å². The maximum absolute atomic E-state index is 12.4. The molecule has 2 aromatic carbocycles. The van der Waals surface area contributed by atoms with Gasteiger partial charge < -0.3 is 14.5 Å². The van der Waals surface area contributed by atoms with E-state index in [0.29, 0.717) is 22.3 Å². The number of thiazole rings is 1. The van der Waals surface area contributed by atoms with Gasteiger partial charge in [-0.05, 0) is 53.4 Å². The molecule has 38 heavy (non-hydrogen) atoms. The van der Waals surface area contributed by atoms with Crippen LogP contribution in [0.5, 0.6) is 5.75 Å². The molecule has 1 N–H and O–H groups in total. The van der Waals surface area contributed by atoms with Gasteiger partial charge in [-0.1, -0.05) is 35.2 Å². The maximum Gasteiger partial charge on any atom is 0.277 e. The number of benzene rings is 2. The number of aromatic nitrogens is 4. The van der Waals surface area contributed by atoms with E-state index in [1.807, 2.05) is 23.6 Å². The monoisotopic (exact) mass is 556 g/mol. The lowest BCUT2D eigenvalue weighted by Crippen LogP contribution is -2.13. The molecule has 0 fully saturated rings. The zero-order valence-electron chi connectivity index (χ0n) is 19.5. The summed E-state index contributed by atoms with van der Waals surface area (Å²) in [4.78, 5) is 22.4. The molecular formula is C26H16N6O3S3. The second-order valence-electron chi connectivity index (χ2n) is 7.92. The zero-order chi connectivity index (χ0) is 25.9. The van der Waals surface area contributed by atoms with E-state index in [4.69, 9.17) is 14.4 Å². The smallest absolute Gasteiger partial charge is 0.277 e. The van der Waals surface area contributed by atoms with E-state index < -0.39 is 0 Å². The summed E-state index contributed by atoms with van der Waals surface area (Å²) in [5, 5.41) is 23.5. The molecule has 1 amide bonds. The van der Waals surface area contributed by atoms with Crippen molar-refractivity contribution in [3.05, 3.63) is 77.6 Å². The van der Waals surface area contributed by atoms with Gasteiger partial charge >= 0.3 is 0 Å². The van der Waals surface area contributed by atoms with Crippen molar-refractivity contribution in [2.24, 2.45) is 0 Å². The number of nitriles is 1. The summed E-state index contributed by atoms with van der Waals surface area (Å²) in [6, 6.07) is 19.3. The normalized spacial score (nSPS) is 11.0. The summed E-state index contributed by atoms with van der Waals surface area (Å²) in [5.41, 5.74) is 3.20. The number of ether oxygens (including phenoxy) is 1. The molecule has 0 saturated heterocycles. The molecule has 4 heterocycles. The van der Waals surface area contributed by atoms with Crippen molar-refractivity contribution in [2.45, 2.75) is 11.8 Å². The number of carbonyl (C=O) groups is 1. The fourth-order valence-electron chi connectivity index (χ4n) is 3.67. The molecule has 186 valence electrons.